The number of amides is 1. The van der Waals surface area contributed by atoms with E-state index in [1.54, 1.807) is 0 Å². The number of nitrogens with two attached hydrogens (primary N) is 1. The summed E-state index contributed by atoms with van der Waals surface area (Å²) in [7, 11) is 0. The van der Waals surface area contributed by atoms with Crippen LogP contribution >= 0.6 is 11.6 Å². The summed E-state index contributed by atoms with van der Waals surface area (Å²) in [5.41, 5.74) is 6.52. The summed E-state index contributed by atoms with van der Waals surface area (Å²) < 4.78 is 0. The minimum atomic E-state index is -0.149. The fourth-order valence-corrected chi connectivity index (χ4v) is 1.69. The molecule has 1 aromatic heterocycles. The van der Waals surface area contributed by atoms with E-state index in [2.05, 4.69) is 15.5 Å². The van der Waals surface area contributed by atoms with Crippen molar-refractivity contribution in [2.24, 2.45) is 0 Å². The quantitative estimate of drug-likeness (QED) is 0.850. The average molecular weight is 280 g/mol. The summed E-state index contributed by atoms with van der Waals surface area (Å²) in [6.07, 6.45) is 2.15. The number of nitrogens with zero attached hydrogens (tertiary/aromatic N) is 3. The van der Waals surface area contributed by atoms with Crippen LogP contribution in [-0.2, 0) is 17.8 Å². The maximum atomic E-state index is 11.6. The molecule has 100 valence electrons. The first kappa shape index (κ1) is 13.4. The number of halogens is 1. The second-order valence-electron chi connectivity index (χ2n) is 4.03. The molecule has 0 bridgehead atoms. The van der Waals surface area contributed by atoms with Gasteiger partial charge in [0.05, 0.1) is 6.20 Å². The number of hydrogen-bond acceptors (Lipinski definition) is 4. The Hall–Kier alpha value is -2.08. The van der Waals surface area contributed by atoms with Gasteiger partial charge in [0.15, 0.2) is 5.82 Å². The second kappa shape index (κ2) is 6.19. The average Bonchev–Trinajstić information content (AvgIpc) is 2.77. The van der Waals surface area contributed by atoms with Gasteiger partial charge in [-0.2, -0.15) is 9.90 Å². The van der Waals surface area contributed by atoms with Crippen molar-refractivity contribution >= 4 is 23.3 Å². The first-order chi connectivity index (χ1) is 9.13. The molecule has 0 atom stereocenters. The highest BCUT2D eigenvalue weighted by Gasteiger charge is 2.04. The summed E-state index contributed by atoms with van der Waals surface area (Å²) in [4.78, 5) is 12.8. The van der Waals surface area contributed by atoms with Gasteiger partial charge in [0.2, 0.25) is 5.91 Å². The zero-order valence-electron chi connectivity index (χ0n) is 10.2. The number of aromatic nitrogens is 3. The Balaban J connectivity index is 1.73. The molecule has 0 aliphatic heterocycles. The molecule has 3 N–H and O–H groups in total. The summed E-state index contributed by atoms with van der Waals surface area (Å²) >= 11 is 5.79. The van der Waals surface area contributed by atoms with Crippen molar-refractivity contribution in [1.82, 2.24) is 20.3 Å². The number of rotatable bonds is 5. The Kier molecular flexibility index (Phi) is 4.35. The third-order valence-electron chi connectivity index (χ3n) is 2.49. The van der Waals surface area contributed by atoms with Crippen LogP contribution in [0, 0.1) is 0 Å². The van der Waals surface area contributed by atoms with Crippen LogP contribution in [0.5, 0.6) is 0 Å². The Labute approximate surface area is 115 Å². The van der Waals surface area contributed by atoms with Gasteiger partial charge in [0.1, 0.15) is 6.54 Å². The predicted molar refractivity (Wildman–Crippen MR) is 72.6 cm³/mol. The van der Waals surface area contributed by atoms with Gasteiger partial charge in [-0.25, -0.2) is 0 Å². The van der Waals surface area contributed by atoms with Crippen LogP contribution in [-0.4, -0.2) is 27.4 Å². The van der Waals surface area contributed by atoms with Gasteiger partial charge in [-0.1, -0.05) is 23.7 Å². The van der Waals surface area contributed by atoms with Gasteiger partial charge in [0.25, 0.3) is 0 Å². The molecule has 19 heavy (non-hydrogen) atoms. The van der Waals surface area contributed by atoms with Crippen molar-refractivity contribution in [3.8, 4) is 0 Å². The smallest absolute Gasteiger partial charge is 0.243 e. The second-order valence-corrected chi connectivity index (χ2v) is 4.46. The number of benzene rings is 1. The third kappa shape index (κ3) is 4.26. The maximum absolute atomic E-state index is 11.6. The van der Waals surface area contributed by atoms with Crippen molar-refractivity contribution in [2.75, 3.05) is 12.3 Å². The summed E-state index contributed by atoms with van der Waals surface area (Å²) in [6, 6.07) is 7.53. The SMILES string of the molecule is Nc1cnn(CC(=O)NCCc2ccc(Cl)cc2)n1. The molecule has 2 aromatic rings. The predicted octanol–water partition coefficient (Wildman–Crippen LogP) is 0.873. The van der Waals surface area contributed by atoms with Crippen molar-refractivity contribution < 1.29 is 4.79 Å². The van der Waals surface area contributed by atoms with Gasteiger partial charge >= 0.3 is 0 Å². The van der Waals surface area contributed by atoms with Crippen LogP contribution in [0.3, 0.4) is 0 Å². The number of hydrogen-bond donors (Lipinski definition) is 2. The van der Waals surface area contributed by atoms with Crippen LogP contribution < -0.4 is 11.1 Å². The van der Waals surface area contributed by atoms with Crippen LogP contribution in [0.1, 0.15) is 5.56 Å². The van der Waals surface area contributed by atoms with Crippen LogP contribution in [0.2, 0.25) is 5.02 Å². The molecule has 1 amide bonds. The normalized spacial score (nSPS) is 10.4. The number of carbonyl (C=O) groups is 1. The van der Waals surface area contributed by atoms with E-state index in [1.807, 2.05) is 24.3 Å². The van der Waals surface area contributed by atoms with Gasteiger partial charge < -0.3 is 11.1 Å². The first-order valence-electron chi connectivity index (χ1n) is 5.80. The van der Waals surface area contributed by atoms with Crippen molar-refractivity contribution in [3.05, 3.63) is 41.0 Å². The number of anilines is 1. The van der Waals surface area contributed by atoms with Crippen molar-refractivity contribution in [1.29, 1.82) is 0 Å². The monoisotopic (exact) mass is 279 g/mol. The summed E-state index contributed by atoms with van der Waals surface area (Å²) in [5, 5.41) is 11.2. The largest absolute Gasteiger partial charge is 0.381 e. The van der Waals surface area contributed by atoms with E-state index >= 15 is 0 Å². The van der Waals surface area contributed by atoms with Crippen LogP contribution in [0.4, 0.5) is 5.82 Å². The minimum absolute atomic E-state index is 0.0673. The van der Waals surface area contributed by atoms with Gasteiger partial charge in [0, 0.05) is 11.6 Å². The van der Waals surface area contributed by atoms with E-state index in [0.29, 0.717) is 17.4 Å². The highest BCUT2D eigenvalue weighted by atomic mass is 35.5. The van der Waals surface area contributed by atoms with Gasteiger partial charge in [-0.3, -0.25) is 4.79 Å². The maximum Gasteiger partial charge on any atom is 0.243 e. The Morgan fingerprint density at radius 2 is 2.11 bits per heavy atom. The lowest BCUT2D eigenvalue weighted by atomic mass is 10.1. The van der Waals surface area contributed by atoms with E-state index in [4.69, 9.17) is 17.3 Å². The van der Waals surface area contributed by atoms with E-state index < -0.39 is 0 Å². The first-order valence-corrected chi connectivity index (χ1v) is 6.18. The lowest BCUT2D eigenvalue weighted by molar-refractivity contribution is -0.122. The standard InChI is InChI=1S/C12H14ClN5O/c13-10-3-1-9(2-4-10)5-6-15-12(19)8-18-16-7-11(14)17-18/h1-4,7H,5-6,8H2,(H2,14,17)(H,15,19). The lowest BCUT2D eigenvalue weighted by Gasteiger charge is -2.05. The summed E-state index contributed by atoms with van der Waals surface area (Å²) in [5.74, 6) is 0.151. The van der Waals surface area contributed by atoms with Gasteiger partial charge in [-0.15, -0.1) is 5.10 Å². The zero-order chi connectivity index (χ0) is 13.7. The van der Waals surface area contributed by atoms with E-state index in [9.17, 15) is 4.79 Å². The van der Waals surface area contributed by atoms with E-state index in [-0.39, 0.29) is 12.5 Å². The molecule has 0 radical (unpaired) electrons. The Morgan fingerprint density at radius 3 is 2.74 bits per heavy atom. The van der Waals surface area contributed by atoms with Crippen molar-refractivity contribution in [2.45, 2.75) is 13.0 Å². The fourth-order valence-electron chi connectivity index (χ4n) is 1.57. The van der Waals surface area contributed by atoms with E-state index in [1.165, 1.54) is 11.0 Å². The Morgan fingerprint density at radius 1 is 1.37 bits per heavy atom. The molecule has 0 fully saturated rings. The molecule has 0 spiro atoms. The van der Waals surface area contributed by atoms with Crippen LogP contribution in [0.25, 0.3) is 0 Å². The lowest BCUT2D eigenvalue weighted by Crippen LogP contribution is -2.30. The topological polar surface area (TPSA) is 85.8 Å². The minimum Gasteiger partial charge on any atom is -0.381 e. The molecule has 0 aliphatic rings. The molecule has 6 nitrogen and oxygen atoms in total. The third-order valence-corrected chi connectivity index (χ3v) is 2.74. The van der Waals surface area contributed by atoms with Crippen LogP contribution in [0.15, 0.2) is 30.5 Å². The van der Waals surface area contributed by atoms with Gasteiger partial charge in [-0.05, 0) is 24.1 Å². The molecule has 7 heteroatoms. The molecule has 0 saturated heterocycles. The van der Waals surface area contributed by atoms with Crippen molar-refractivity contribution in [3.63, 3.8) is 0 Å². The fraction of sp³-hybridized carbons (Fsp3) is 0.250. The number of nitrogen functional groups attached to an aromatic ring is 1. The Bertz CT molecular complexity index is 552. The molecule has 0 saturated carbocycles. The number of carbonyl (C=O) groups excluding carboxylic acids is 1. The molecular weight excluding hydrogens is 266 g/mol. The highest BCUT2D eigenvalue weighted by Crippen LogP contribution is 2.09. The van der Waals surface area contributed by atoms with E-state index in [0.717, 1.165) is 12.0 Å². The zero-order valence-corrected chi connectivity index (χ0v) is 11.0. The number of nitrogens with one attached hydrogen (secondary N) is 1. The summed E-state index contributed by atoms with van der Waals surface area (Å²) in [6.45, 7) is 0.620. The molecular formula is C12H14ClN5O. The molecule has 1 aromatic carbocycles. The highest BCUT2D eigenvalue weighted by molar-refractivity contribution is 6.30. The molecule has 0 unspecified atom stereocenters. The molecule has 2 rings (SSSR count). The molecule has 1 heterocycles. The molecule has 0 aliphatic carbocycles.